The molecule has 0 aliphatic carbocycles. The molecule has 0 heterocycles. The van der Waals surface area contributed by atoms with Crippen LogP contribution in [-0.4, -0.2) is 101 Å². The summed E-state index contributed by atoms with van der Waals surface area (Å²) in [6.45, 7) is 0.576. The van der Waals surface area contributed by atoms with E-state index in [1.165, 1.54) is 47.6 Å². The maximum Gasteiger partial charge on any atom is 0.317 e. The number of carbonyl (C=O) groups is 2. The van der Waals surface area contributed by atoms with Gasteiger partial charge in [0.2, 0.25) is 11.5 Å². The highest BCUT2D eigenvalue weighted by molar-refractivity contribution is 5.72. The fourth-order valence-corrected chi connectivity index (χ4v) is 4.06. The molecular formula is C26H36N2O10. The molecule has 2 rings (SSSR count). The van der Waals surface area contributed by atoms with E-state index in [-0.39, 0.29) is 6.54 Å². The van der Waals surface area contributed by atoms with Gasteiger partial charge in [-0.1, -0.05) is 0 Å². The normalized spacial score (nSPS) is 10.8. The van der Waals surface area contributed by atoms with Crippen LogP contribution >= 0.6 is 0 Å². The Morgan fingerprint density at radius 3 is 1.16 bits per heavy atom. The van der Waals surface area contributed by atoms with E-state index in [2.05, 4.69) is 0 Å². The first-order chi connectivity index (χ1) is 18.2. The van der Waals surface area contributed by atoms with Crippen LogP contribution in [0.3, 0.4) is 0 Å². The third-order valence-electron chi connectivity index (χ3n) is 5.71. The molecule has 0 atom stereocenters. The lowest BCUT2D eigenvalue weighted by atomic mass is 10.1. The molecule has 0 saturated heterocycles. The number of hydrogen-bond donors (Lipinski definition) is 2. The molecule has 2 aromatic carbocycles. The van der Waals surface area contributed by atoms with Crippen LogP contribution in [0.15, 0.2) is 24.3 Å². The second-order valence-corrected chi connectivity index (χ2v) is 8.28. The van der Waals surface area contributed by atoms with E-state index < -0.39 is 25.0 Å². The minimum atomic E-state index is -1.10. The molecule has 12 heteroatoms. The highest BCUT2D eigenvalue weighted by atomic mass is 16.5. The molecule has 0 unspecified atom stereocenters. The van der Waals surface area contributed by atoms with Gasteiger partial charge in [0, 0.05) is 26.2 Å². The van der Waals surface area contributed by atoms with Crippen LogP contribution in [0.1, 0.15) is 11.1 Å². The van der Waals surface area contributed by atoms with Crippen molar-refractivity contribution >= 4 is 11.9 Å². The maximum atomic E-state index is 11.3. The summed E-state index contributed by atoms with van der Waals surface area (Å²) < 4.78 is 32.8. The van der Waals surface area contributed by atoms with E-state index >= 15 is 0 Å². The van der Waals surface area contributed by atoms with Gasteiger partial charge in [0.15, 0.2) is 23.0 Å². The number of benzene rings is 2. The fraction of sp³-hybridized carbons (Fsp3) is 0.462. The number of ether oxygens (including phenoxy) is 6. The molecule has 0 amide bonds. The molecule has 210 valence electrons. The zero-order chi connectivity index (χ0) is 28.2. The monoisotopic (exact) mass is 536 g/mol. The van der Waals surface area contributed by atoms with Crippen LogP contribution in [0.4, 0.5) is 0 Å². The Bertz CT molecular complexity index is 960. The number of aliphatic carboxylic acids is 2. The van der Waals surface area contributed by atoms with Gasteiger partial charge in [0.25, 0.3) is 0 Å². The van der Waals surface area contributed by atoms with Crippen LogP contribution in [0.5, 0.6) is 34.5 Å². The van der Waals surface area contributed by atoms with Crippen LogP contribution in [-0.2, 0) is 22.7 Å². The summed E-state index contributed by atoms with van der Waals surface area (Å²) in [6.07, 6.45) is 0. The van der Waals surface area contributed by atoms with Gasteiger partial charge in [-0.05, 0) is 35.4 Å². The zero-order valence-corrected chi connectivity index (χ0v) is 22.6. The minimum absolute atomic E-state index is 0.202. The van der Waals surface area contributed by atoms with Crippen LogP contribution in [0.25, 0.3) is 0 Å². The summed E-state index contributed by atoms with van der Waals surface area (Å²) in [7, 11) is 9.18. The lowest BCUT2D eigenvalue weighted by Crippen LogP contribution is -2.40. The van der Waals surface area contributed by atoms with Gasteiger partial charge in [0.1, 0.15) is 0 Å². The van der Waals surface area contributed by atoms with Gasteiger partial charge in [-0.25, -0.2) is 0 Å². The first-order valence-corrected chi connectivity index (χ1v) is 11.7. The molecule has 0 radical (unpaired) electrons. The Labute approximate surface area is 222 Å². The van der Waals surface area contributed by atoms with Crippen molar-refractivity contribution in [1.82, 2.24) is 9.80 Å². The SMILES string of the molecule is COc1cc(CN(CCN(CC(=O)O)CC(=O)O)Cc2cc(OC)c(OC)c(OC)c2)cc(OC)c1OC. The minimum Gasteiger partial charge on any atom is -0.493 e. The van der Waals surface area contributed by atoms with Gasteiger partial charge in [-0.2, -0.15) is 0 Å². The third-order valence-corrected chi connectivity index (χ3v) is 5.71. The average Bonchev–Trinajstić information content (AvgIpc) is 2.89. The fourth-order valence-electron chi connectivity index (χ4n) is 4.06. The van der Waals surface area contributed by atoms with E-state index in [1.807, 2.05) is 29.2 Å². The second-order valence-electron chi connectivity index (χ2n) is 8.28. The van der Waals surface area contributed by atoms with E-state index in [0.29, 0.717) is 54.1 Å². The van der Waals surface area contributed by atoms with Crippen molar-refractivity contribution in [3.05, 3.63) is 35.4 Å². The van der Waals surface area contributed by atoms with Gasteiger partial charge in [0.05, 0.1) is 55.7 Å². The first-order valence-electron chi connectivity index (χ1n) is 11.7. The molecule has 12 nitrogen and oxygen atoms in total. The van der Waals surface area contributed by atoms with Crippen molar-refractivity contribution in [3.8, 4) is 34.5 Å². The molecule has 0 aliphatic heterocycles. The van der Waals surface area contributed by atoms with E-state index in [0.717, 1.165) is 11.1 Å². The molecule has 0 aliphatic rings. The van der Waals surface area contributed by atoms with Gasteiger partial charge < -0.3 is 38.6 Å². The summed E-state index contributed by atoms with van der Waals surface area (Å²) in [5.41, 5.74) is 1.69. The smallest absolute Gasteiger partial charge is 0.317 e. The van der Waals surface area contributed by atoms with Crippen LogP contribution in [0, 0.1) is 0 Å². The molecule has 0 fully saturated rings. The Balaban J connectivity index is 2.44. The van der Waals surface area contributed by atoms with E-state index in [4.69, 9.17) is 28.4 Å². The lowest BCUT2D eigenvalue weighted by molar-refractivity contribution is -0.141. The molecule has 0 bridgehead atoms. The molecule has 0 spiro atoms. The van der Waals surface area contributed by atoms with Gasteiger partial charge in [-0.3, -0.25) is 19.4 Å². The quantitative estimate of drug-likeness (QED) is 0.307. The number of hydrogen-bond acceptors (Lipinski definition) is 10. The molecule has 0 saturated carbocycles. The molecule has 38 heavy (non-hydrogen) atoms. The Hall–Kier alpha value is -3.90. The first kappa shape index (κ1) is 30.3. The van der Waals surface area contributed by atoms with E-state index in [9.17, 15) is 19.8 Å². The predicted octanol–water partition coefficient (Wildman–Crippen LogP) is 2.21. The molecule has 0 aromatic heterocycles. The number of carboxylic acids is 2. The highest BCUT2D eigenvalue weighted by Crippen LogP contribution is 2.40. The van der Waals surface area contributed by atoms with Crippen molar-refractivity contribution < 1.29 is 48.2 Å². The zero-order valence-electron chi connectivity index (χ0n) is 22.6. The number of nitrogens with zero attached hydrogens (tertiary/aromatic N) is 2. The van der Waals surface area contributed by atoms with Crippen molar-refractivity contribution in [2.24, 2.45) is 0 Å². The van der Waals surface area contributed by atoms with Gasteiger partial charge >= 0.3 is 11.9 Å². The van der Waals surface area contributed by atoms with Crippen molar-refractivity contribution in [2.45, 2.75) is 13.1 Å². The van der Waals surface area contributed by atoms with E-state index in [1.54, 1.807) is 0 Å². The van der Waals surface area contributed by atoms with Crippen molar-refractivity contribution in [1.29, 1.82) is 0 Å². The van der Waals surface area contributed by atoms with Crippen LogP contribution in [0.2, 0.25) is 0 Å². The Morgan fingerprint density at radius 1 is 0.579 bits per heavy atom. The second kappa shape index (κ2) is 14.7. The number of rotatable bonds is 17. The predicted molar refractivity (Wildman–Crippen MR) is 138 cm³/mol. The highest BCUT2D eigenvalue weighted by Gasteiger charge is 2.20. The summed E-state index contributed by atoms with van der Waals surface area (Å²) in [5.74, 6) is 0.689. The summed E-state index contributed by atoms with van der Waals surface area (Å²) in [5, 5.41) is 18.5. The summed E-state index contributed by atoms with van der Waals surface area (Å²) in [4.78, 5) is 26.0. The number of carboxylic acid groups (broad SMARTS) is 2. The molecule has 2 aromatic rings. The number of methoxy groups -OCH3 is 6. The topological polar surface area (TPSA) is 136 Å². The van der Waals surface area contributed by atoms with Crippen LogP contribution < -0.4 is 28.4 Å². The lowest BCUT2D eigenvalue weighted by Gasteiger charge is -2.27. The van der Waals surface area contributed by atoms with Gasteiger partial charge in [-0.15, -0.1) is 0 Å². The summed E-state index contributed by atoms with van der Waals surface area (Å²) in [6, 6.07) is 7.32. The standard InChI is InChI=1S/C26H36N2O10/c1-33-19-9-17(10-20(34-2)25(19)37-5)13-27(7-8-28(15-23(29)30)16-24(31)32)14-18-11-21(35-3)26(38-6)22(12-18)36-4/h9-12H,7-8,13-16H2,1-6H3,(H,29,30)(H,31,32). The van der Waals surface area contributed by atoms with Crippen molar-refractivity contribution in [2.75, 3.05) is 68.8 Å². The maximum absolute atomic E-state index is 11.3. The molecule has 2 N–H and O–H groups in total. The van der Waals surface area contributed by atoms with Crippen molar-refractivity contribution in [3.63, 3.8) is 0 Å². The Kier molecular flexibility index (Phi) is 11.8. The largest absolute Gasteiger partial charge is 0.493 e. The molecular weight excluding hydrogens is 500 g/mol. The summed E-state index contributed by atoms with van der Waals surface area (Å²) >= 11 is 0. The average molecular weight is 537 g/mol. The Morgan fingerprint density at radius 2 is 0.895 bits per heavy atom. The third kappa shape index (κ3) is 8.32.